The predicted molar refractivity (Wildman–Crippen MR) is 58.3 cm³/mol. The maximum atomic E-state index is 5.85. The molecule has 0 aliphatic carbocycles. The van der Waals surface area contributed by atoms with Gasteiger partial charge in [0.2, 0.25) is 0 Å². The van der Waals surface area contributed by atoms with Crippen molar-refractivity contribution in [2.24, 2.45) is 0 Å². The molecule has 15 heavy (non-hydrogen) atoms. The Morgan fingerprint density at radius 1 is 1.47 bits per heavy atom. The summed E-state index contributed by atoms with van der Waals surface area (Å²) in [4.78, 5) is 4.04. The van der Waals surface area contributed by atoms with Crippen LogP contribution < -0.4 is 4.74 Å². The van der Waals surface area contributed by atoms with E-state index >= 15 is 0 Å². The molecule has 0 atom stereocenters. The number of hydrogen-bond donors (Lipinski definition) is 0. The van der Waals surface area contributed by atoms with Gasteiger partial charge in [-0.2, -0.15) is 0 Å². The van der Waals surface area contributed by atoms with Crippen LogP contribution in [0.1, 0.15) is 18.4 Å². The van der Waals surface area contributed by atoms with E-state index in [1.807, 2.05) is 6.07 Å². The molecule has 2 heterocycles. The fraction of sp³-hybridized carbons (Fsp3) is 0.545. The van der Waals surface area contributed by atoms with Crippen LogP contribution in [0.3, 0.4) is 0 Å². The Morgan fingerprint density at radius 2 is 2.27 bits per heavy atom. The smallest absolute Gasteiger partial charge is 0.142 e. The van der Waals surface area contributed by atoms with Crippen LogP contribution in [-0.2, 0) is 10.6 Å². The molecule has 0 aromatic carbocycles. The first-order valence-electron chi connectivity index (χ1n) is 5.13. The summed E-state index contributed by atoms with van der Waals surface area (Å²) in [7, 11) is 0. The van der Waals surface area contributed by atoms with Crippen LogP contribution >= 0.6 is 11.6 Å². The number of ether oxygens (including phenoxy) is 2. The van der Waals surface area contributed by atoms with E-state index in [-0.39, 0.29) is 6.10 Å². The van der Waals surface area contributed by atoms with Gasteiger partial charge in [-0.15, -0.1) is 11.6 Å². The molecule has 1 saturated heterocycles. The van der Waals surface area contributed by atoms with Gasteiger partial charge in [0.25, 0.3) is 0 Å². The van der Waals surface area contributed by atoms with Gasteiger partial charge in [0.15, 0.2) is 0 Å². The normalized spacial score (nSPS) is 17.7. The van der Waals surface area contributed by atoms with Gasteiger partial charge < -0.3 is 9.47 Å². The molecule has 1 aliphatic rings. The van der Waals surface area contributed by atoms with Crippen molar-refractivity contribution < 1.29 is 9.47 Å². The first kappa shape index (κ1) is 10.7. The topological polar surface area (TPSA) is 31.4 Å². The molecule has 0 saturated carbocycles. The molecule has 2 rings (SSSR count). The highest BCUT2D eigenvalue weighted by Crippen LogP contribution is 2.22. The summed E-state index contributed by atoms with van der Waals surface area (Å²) in [6, 6.07) is 1.89. The second-order valence-corrected chi connectivity index (χ2v) is 3.81. The van der Waals surface area contributed by atoms with Crippen LogP contribution in [0.2, 0.25) is 0 Å². The van der Waals surface area contributed by atoms with Gasteiger partial charge in [-0.3, -0.25) is 4.98 Å². The average molecular weight is 228 g/mol. The van der Waals surface area contributed by atoms with Gasteiger partial charge in [0.05, 0.1) is 25.3 Å². The number of rotatable bonds is 3. The molecule has 0 bridgehead atoms. The van der Waals surface area contributed by atoms with Gasteiger partial charge in [-0.05, 0) is 6.07 Å². The summed E-state index contributed by atoms with van der Waals surface area (Å²) in [5, 5.41) is 0. The average Bonchev–Trinajstić information content (AvgIpc) is 2.31. The number of nitrogens with zero attached hydrogens (tertiary/aromatic N) is 1. The fourth-order valence-corrected chi connectivity index (χ4v) is 1.82. The van der Waals surface area contributed by atoms with Crippen molar-refractivity contribution in [1.29, 1.82) is 0 Å². The number of alkyl halides is 1. The zero-order chi connectivity index (χ0) is 10.5. The molecular weight excluding hydrogens is 214 g/mol. The molecule has 0 N–H and O–H groups in total. The lowest BCUT2D eigenvalue weighted by Crippen LogP contribution is -2.26. The molecule has 1 aromatic rings. The summed E-state index contributed by atoms with van der Waals surface area (Å²) in [5.41, 5.74) is 0.998. The van der Waals surface area contributed by atoms with Crippen LogP contribution in [0.15, 0.2) is 18.5 Å². The second kappa shape index (κ2) is 5.33. The minimum atomic E-state index is 0.241. The highest BCUT2D eigenvalue weighted by atomic mass is 35.5. The third kappa shape index (κ3) is 2.83. The Bertz CT molecular complexity index is 313. The van der Waals surface area contributed by atoms with Crippen molar-refractivity contribution in [1.82, 2.24) is 4.98 Å². The van der Waals surface area contributed by atoms with E-state index in [4.69, 9.17) is 21.1 Å². The van der Waals surface area contributed by atoms with Gasteiger partial charge >= 0.3 is 0 Å². The maximum absolute atomic E-state index is 5.85. The molecular formula is C11H14ClNO2. The minimum absolute atomic E-state index is 0.241. The molecule has 82 valence electrons. The lowest BCUT2D eigenvalue weighted by atomic mass is 10.1. The Labute approximate surface area is 94.4 Å². The Morgan fingerprint density at radius 3 is 3.00 bits per heavy atom. The molecule has 0 spiro atoms. The van der Waals surface area contributed by atoms with Gasteiger partial charge in [-0.25, -0.2) is 0 Å². The monoisotopic (exact) mass is 227 g/mol. The fourth-order valence-electron chi connectivity index (χ4n) is 1.60. The largest absolute Gasteiger partial charge is 0.488 e. The van der Waals surface area contributed by atoms with E-state index in [2.05, 4.69) is 4.98 Å². The van der Waals surface area contributed by atoms with Gasteiger partial charge in [-0.1, -0.05) is 0 Å². The van der Waals surface area contributed by atoms with E-state index in [1.165, 1.54) is 0 Å². The Kier molecular flexibility index (Phi) is 3.80. The molecule has 0 amide bonds. The first-order chi connectivity index (χ1) is 7.40. The molecule has 0 unspecified atom stereocenters. The third-order valence-electron chi connectivity index (χ3n) is 2.48. The van der Waals surface area contributed by atoms with Crippen molar-refractivity contribution in [3.63, 3.8) is 0 Å². The minimum Gasteiger partial charge on any atom is -0.488 e. The Balaban J connectivity index is 2.02. The van der Waals surface area contributed by atoms with Crippen LogP contribution in [0.4, 0.5) is 0 Å². The van der Waals surface area contributed by atoms with Crippen molar-refractivity contribution in [2.75, 3.05) is 13.2 Å². The maximum Gasteiger partial charge on any atom is 0.142 e. The summed E-state index contributed by atoms with van der Waals surface area (Å²) < 4.78 is 11.1. The van der Waals surface area contributed by atoms with Gasteiger partial charge in [0, 0.05) is 24.6 Å². The van der Waals surface area contributed by atoms with E-state index < -0.39 is 0 Å². The highest BCUT2D eigenvalue weighted by molar-refractivity contribution is 6.17. The highest BCUT2D eigenvalue weighted by Gasteiger charge is 2.16. The summed E-state index contributed by atoms with van der Waals surface area (Å²) >= 11 is 5.82. The Hall–Kier alpha value is -0.800. The van der Waals surface area contributed by atoms with Crippen LogP contribution in [0.25, 0.3) is 0 Å². The van der Waals surface area contributed by atoms with Crippen molar-refractivity contribution in [3.05, 3.63) is 24.0 Å². The van der Waals surface area contributed by atoms with Gasteiger partial charge in [0.1, 0.15) is 11.9 Å². The quantitative estimate of drug-likeness (QED) is 0.743. The standard InChI is InChI=1S/C11H14ClNO2/c12-7-9-1-4-13-8-11(9)15-10-2-5-14-6-3-10/h1,4,8,10H,2-3,5-7H2. The zero-order valence-electron chi connectivity index (χ0n) is 8.49. The molecule has 3 nitrogen and oxygen atoms in total. The van der Waals surface area contributed by atoms with Crippen molar-refractivity contribution in [3.8, 4) is 5.75 Å². The third-order valence-corrected chi connectivity index (χ3v) is 2.76. The number of aromatic nitrogens is 1. The zero-order valence-corrected chi connectivity index (χ0v) is 9.24. The molecule has 1 aromatic heterocycles. The summed E-state index contributed by atoms with van der Waals surface area (Å²) in [5.74, 6) is 1.26. The van der Waals surface area contributed by atoms with Crippen molar-refractivity contribution in [2.45, 2.75) is 24.8 Å². The van der Waals surface area contributed by atoms with E-state index in [9.17, 15) is 0 Å². The number of hydrogen-bond acceptors (Lipinski definition) is 3. The number of pyridine rings is 1. The van der Waals surface area contributed by atoms with E-state index in [1.54, 1.807) is 12.4 Å². The molecule has 1 fully saturated rings. The van der Waals surface area contributed by atoms with E-state index in [0.29, 0.717) is 5.88 Å². The van der Waals surface area contributed by atoms with Crippen molar-refractivity contribution >= 4 is 11.6 Å². The predicted octanol–water partition coefficient (Wildman–Crippen LogP) is 2.38. The van der Waals surface area contributed by atoms with Crippen LogP contribution in [0.5, 0.6) is 5.75 Å². The van der Waals surface area contributed by atoms with E-state index in [0.717, 1.165) is 37.4 Å². The van der Waals surface area contributed by atoms with Crippen LogP contribution in [-0.4, -0.2) is 24.3 Å². The first-order valence-corrected chi connectivity index (χ1v) is 5.67. The summed E-state index contributed by atoms with van der Waals surface area (Å²) in [6.45, 7) is 1.56. The molecule has 1 aliphatic heterocycles. The lowest BCUT2D eigenvalue weighted by Gasteiger charge is -2.23. The SMILES string of the molecule is ClCc1ccncc1OC1CCOCC1. The molecule has 0 radical (unpaired) electrons. The van der Waals surface area contributed by atoms with Crippen LogP contribution in [0, 0.1) is 0 Å². The second-order valence-electron chi connectivity index (χ2n) is 3.55. The summed E-state index contributed by atoms with van der Waals surface area (Å²) in [6.07, 6.45) is 5.58. The number of halogens is 1. The lowest BCUT2D eigenvalue weighted by molar-refractivity contribution is 0.0251. The molecule has 4 heteroatoms.